The summed E-state index contributed by atoms with van der Waals surface area (Å²) in [6.45, 7) is 23.2. The van der Waals surface area contributed by atoms with Gasteiger partial charge in [-0.05, 0) is 103 Å². The average Bonchev–Trinajstić information content (AvgIpc) is 3.50. The van der Waals surface area contributed by atoms with Crippen LogP contribution in [0.5, 0.6) is 0 Å². The molecular weight excluding hydrogens is 517 g/mol. The largest absolute Gasteiger partial charge is 0.383 e. The van der Waals surface area contributed by atoms with E-state index in [1.54, 1.807) is 0 Å². The summed E-state index contributed by atoms with van der Waals surface area (Å²) in [7, 11) is -3.17. The minimum absolute atomic E-state index is 0.209. The summed E-state index contributed by atoms with van der Waals surface area (Å²) < 4.78 is 15.3. The topological polar surface area (TPSA) is 18.5 Å². The van der Waals surface area contributed by atoms with Gasteiger partial charge in [-0.2, -0.15) is 0 Å². The standard InChI is InChI=1S/C38H46O2Si/c1-25-26(2)30(6)37(9,29(25)5)41(38(10)31(7)27(3)28(4)32(38)8)39-35(23-21-33-17-13-11-14-18-33)36(40-41)24-22-34-19-15-12-16-20-34/h11-24,35-36H,1-10H3/b23-21+,24-22+. The molecule has 0 N–H and O–H groups in total. The van der Waals surface area contributed by atoms with Gasteiger partial charge >= 0.3 is 8.56 Å². The molecule has 2 aromatic carbocycles. The highest BCUT2D eigenvalue weighted by Crippen LogP contribution is 2.72. The van der Waals surface area contributed by atoms with Crippen LogP contribution in [0.1, 0.15) is 80.4 Å². The Balaban J connectivity index is 1.74. The third-order valence-electron chi connectivity index (χ3n) is 11.2. The van der Waals surface area contributed by atoms with Crippen molar-refractivity contribution >= 4 is 20.7 Å². The molecule has 1 saturated heterocycles. The van der Waals surface area contributed by atoms with Gasteiger partial charge in [0, 0.05) is 0 Å². The SMILES string of the molecule is CC1=C(C)C(C)([Si]2(C3(C)C(C)=C(C)C(C)=C3C)OC(/C=C/c3ccccc3)C(/C=C/c3ccccc3)O2)C(C)=C1C. The smallest absolute Gasteiger partial charge is 0.368 e. The predicted octanol–water partition coefficient (Wildman–Crippen LogP) is 10.5. The van der Waals surface area contributed by atoms with Crippen LogP contribution >= 0.6 is 0 Å². The fourth-order valence-electron chi connectivity index (χ4n) is 7.53. The van der Waals surface area contributed by atoms with Crippen molar-refractivity contribution in [2.45, 2.75) is 91.5 Å². The molecule has 1 heterocycles. The Morgan fingerprint density at radius 1 is 0.512 bits per heavy atom. The maximum Gasteiger partial charge on any atom is 0.368 e. The summed E-state index contributed by atoms with van der Waals surface area (Å²) in [5, 5.41) is -0.644. The molecule has 41 heavy (non-hydrogen) atoms. The zero-order valence-corrected chi connectivity index (χ0v) is 27.6. The molecule has 3 aliphatic rings. The maximum absolute atomic E-state index is 7.66. The molecule has 2 aliphatic carbocycles. The Bertz CT molecular complexity index is 1370. The van der Waals surface area contributed by atoms with E-state index >= 15 is 0 Å². The molecule has 2 aromatic rings. The molecule has 0 aromatic heterocycles. The Labute approximate surface area is 249 Å². The summed E-state index contributed by atoms with van der Waals surface area (Å²) in [4.78, 5) is 0. The van der Waals surface area contributed by atoms with Crippen LogP contribution in [-0.4, -0.2) is 20.8 Å². The number of hydrogen-bond donors (Lipinski definition) is 0. The molecule has 3 heteroatoms. The Morgan fingerprint density at radius 3 is 1.10 bits per heavy atom. The predicted molar refractivity (Wildman–Crippen MR) is 177 cm³/mol. The fraction of sp³-hybridized carbons (Fsp3) is 0.368. The number of benzene rings is 2. The maximum atomic E-state index is 7.66. The van der Waals surface area contributed by atoms with E-state index in [0.29, 0.717) is 0 Å². The molecule has 0 bridgehead atoms. The highest BCUT2D eigenvalue weighted by molar-refractivity contribution is 6.78. The third-order valence-corrected chi connectivity index (χ3v) is 16.5. The minimum atomic E-state index is -3.17. The molecule has 0 spiro atoms. The van der Waals surface area contributed by atoms with Gasteiger partial charge in [-0.25, -0.2) is 0 Å². The molecule has 1 fully saturated rings. The lowest BCUT2D eigenvalue weighted by molar-refractivity contribution is 0.236. The van der Waals surface area contributed by atoms with E-state index in [1.807, 2.05) is 0 Å². The summed E-state index contributed by atoms with van der Waals surface area (Å²) in [6.07, 6.45) is 8.43. The summed E-state index contributed by atoms with van der Waals surface area (Å²) >= 11 is 0. The molecule has 0 saturated carbocycles. The lowest BCUT2D eigenvalue weighted by Crippen LogP contribution is -2.59. The minimum Gasteiger partial charge on any atom is -0.383 e. The van der Waals surface area contributed by atoms with E-state index in [4.69, 9.17) is 8.85 Å². The van der Waals surface area contributed by atoms with Crippen molar-refractivity contribution in [2.75, 3.05) is 0 Å². The van der Waals surface area contributed by atoms with E-state index in [1.165, 1.54) is 44.6 Å². The van der Waals surface area contributed by atoms with Crippen molar-refractivity contribution in [3.8, 4) is 0 Å². The van der Waals surface area contributed by atoms with Crippen LogP contribution in [0.15, 0.2) is 117 Å². The highest BCUT2D eigenvalue weighted by Gasteiger charge is 2.74. The lowest BCUT2D eigenvalue weighted by atomic mass is 9.96. The van der Waals surface area contributed by atoms with Gasteiger partial charge < -0.3 is 8.85 Å². The van der Waals surface area contributed by atoms with Gasteiger partial charge in [0.2, 0.25) is 0 Å². The monoisotopic (exact) mass is 562 g/mol. The number of hydrogen-bond acceptors (Lipinski definition) is 2. The first-order valence-corrected chi connectivity index (χ1v) is 16.8. The summed E-state index contributed by atoms with van der Waals surface area (Å²) in [5.74, 6) is 0. The molecular formula is C38H46O2Si. The first-order chi connectivity index (χ1) is 19.4. The van der Waals surface area contributed by atoms with Gasteiger partial charge in [0.1, 0.15) is 0 Å². The summed E-state index contributed by atoms with van der Waals surface area (Å²) in [6, 6.07) is 21.0. The van der Waals surface area contributed by atoms with Crippen molar-refractivity contribution in [3.63, 3.8) is 0 Å². The second-order valence-electron chi connectivity index (χ2n) is 12.6. The van der Waals surface area contributed by atoms with Crippen molar-refractivity contribution in [3.05, 3.63) is 129 Å². The van der Waals surface area contributed by atoms with E-state index in [9.17, 15) is 0 Å². The third kappa shape index (κ3) is 4.28. The quantitative estimate of drug-likeness (QED) is 0.326. The van der Waals surface area contributed by atoms with Crippen LogP contribution in [0.25, 0.3) is 12.2 Å². The molecule has 2 nitrogen and oxygen atoms in total. The normalized spacial score (nSPS) is 25.6. The van der Waals surface area contributed by atoms with E-state index in [0.717, 1.165) is 11.1 Å². The van der Waals surface area contributed by atoms with Crippen LogP contribution in [0, 0.1) is 0 Å². The Kier molecular flexibility index (Phi) is 7.69. The first-order valence-electron chi connectivity index (χ1n) is 14.9. The van der Waals surface area contributed by atoms with Crippen molar-refractivity contribution in [2.24, 2.45) is 0 Å². The number of allylic oxidation sites excluding steroid dienone is 8. The van der Waals surface area contributed by atoms with Crippen molar-refractivity contribution in [1.82, 2.24) is 0 Å². The van der Waals surface area contributed by atoms with Gasteiger partial charge in [-0.1, -0.05) is 107 Å². The van der Waals surface area contributed by atoms with E-state index < -0.39 is 8.56 Å². The molecule has 2 unspecified atom stereocenters. The molecule has 0 amide bonds. The van der Waals surface area contributed by atoms with Gasteiger partial charge in [-0.3, -0.25) is 0 Å². The van der Waals surface area contributed by atoms with Crippen LogP contribution in [0.3, 0.4) is 0 Å². The van der Waals surface area contributed by atoms with Gasteiger partial charge in [0.05, 0.1) is 22.3 Å². The zero-order chi connectivity index (χ0) is 29.7. The van der Waals surface area contributed by atoms with Gasteiger partial charge in [-0.15, -0.1) is 0 Å². The second-order valence-corrected chi connectivity index (χ2v) is 16.3. The first kappa shape index (κ1) is 29.5. The molecule has 1 aliphatic heterocycles. The molecule has 2 atom stereocenters. The van der Waals surface area contributed by atoms with Crippen LogP contribution in [0.4, 0.5) is 0 Å². The fourth-order valence-corrected chi connectivity index (χ4v) is 13.4. The zero-order valence-electron chi connectivity index (χ0n) is 26.6. The second kappa shape index (κ2) is 10.7. The molecule has 5 rings (SSSR count). The van der Waals surface area contributed by atoms with Crippen molar-refractivity contribution in [1.29, 1.82) is 0 Å². The molecule has 214 valence electrons. The van der Waals surface area contributed by atoms with E-state index in [-0.39, 0.29) is 22.3 Å². The summed E-state index contributed by atoms with van der Waals surface area (Å²) in [5.41, 5.74) is 13.4. The van der Waals surface area contributed by atoms with Gasteiger partial charge in [0.25, 0.3) is 0 Å². The van der Waals surface area contributed by atoms with E-state index in [2.05, 4.69) is 154 Å². The van der Waals surface area contributed by atoms with Crippen LogP contribution in [-0.2, 0) is 8.85 Å². The average molecular weight is 563 g/mol. The molecule has 0 radical (unpaired) electrons. The number of rotatable bonds is 6. The Hall–Kier alpha value is -2.98. The van der Waals surface area contributed by atoms with Crippen LogP contribution < -0.4 is 0 Å². The van der Waals surface area contributed by atoms with Crippen LogP contribution in [0.2, 0.25) is 10.1 Å². The van der Waals surface area contributed by atoms with Crippen molar-refractivity contribution < 1.29 is 8.85 Å². The Morgan fingerprint density at radius 2 is 0.805 bits per heavy atom. The van der Waals surface area contributed by atoms with Gasteiger partial charge in [0.15, 0.2) is 0 Å². The lowest BCUT2D eigenvalue weighted by Gasteiger charge is -2.52. The highest BCUT2D eigenvalue weighted by atomic mass is 28.4.